The first-order chi connectivity index (χ1) is 10.3. The number of pyridine rings is 1. The Balaban J connectivity index is 1.50. The van der Waals surface area contributed by atoms with E-state index in [2.05, 4.69) is 45.5 Å². The molecule has 1 fully saturated rings. The predicted molar refractivity (Wildman–Crippen MR) is 87.0 cm³/mol. The van der Waals surface area contributed by atoms with Crippen LogP contribution in [0.4, 0.5) is 11.5 Å². The molecule has 21 heavy (non-hydrogen) atoms. The molecule has 0 unspecified atom stereocenters. The molecule has 0 bridgehead atoms. The standard InChI is InChI=1S/C17H22N4/c18-16-7-4-10-19-17(16)20-15-8-11-21(12-9-15)13-14-5-2-1-3-6-14/h1-7,10,15H,8-9,11-13,18H2,(H,19,20). The highest BCUT2D eigenvalue weighted by atomic mass is 15.1. The van der Waals surface area contributed by atoms with Crippen LogP contribution in [0.3, 0.4) is 0 Å². The van der Waals surface area contributed by atoms with E-state index >= 15 is 0 Å². The summed E-state index contributed by atoms with van der Waals surface area (Å²) in [6, 6.07) is 14.9. The van der Waals surface area contributed by atoms with Crippen LogP contribution in [0.5, 0.6) is 0 Å². The molecule has 110 valence electrons. The number of nitrogens with one attached hydrogen (secondary N) is 1. The molecule has 0 spiro atoms. The number of likely N-dealkylation sites (tertiary alicyclic amines) is 1. The smallest absolute Gasteiger partial charge is 0.149 e. The first-order valence-electron chi connectivity index (χ1n) is 7.54. The third kappa shape index (κ3) is 3.73. The third-order valence-corrected chi connectivity index (χ3v) is 4.02. The minimum atomic E-state index is 0.467. The fraction of sp³-hybridized carbons (Fsp3) is 0.353. The van der Waals surface area contributed by atoms with Crippen LogP contribution < -0.4 is 11.1 Å². The Labute approximate surface area is 126 Å². The lowest BCUT2D eigenvalue weighted by Gasteiger charge is -2.32. The molecule has 1 aliphatic rings. The number of nitrogens with zero attached hydrogens (tertiary/aromatic N) is 2. The lowest BCUT2D eigenvalue weighted by atomic mass is 10.0. The van der Waals surface area contributed by atoms with E-state index < -0.39 is 0 Å². The molecule has 1 aliphatic heterocycles. The zero-order valence-electron chi connectivity index (χ0n) is 12.2. The fourth-order valence-corrected chi connectivity index (χ4v) is 2.81. The van der Waals surface area contributed by atoms with Gasteiger partial charge in [0.2, 0.25) is 0 Å². The van der Waals surface area contributed by atoms with Crippen LogP contribution in [-0.4, -0.2) is 29.0 Å². The molecule has 0 radical (unpaired) electrons. The van der Waals surface area contributed by atoms with Crippen molar-refractivity contribution in [3.05, 3.63) is 54.2 Å². The Hall–Kier alpha value is -2.07. The van der Waals surface area contributed by atoms with Crippen LogP contribution in [-0.2, 0) is 6.54 Å². The summed E-state index contributed by atoms with van der Waals surface area (Å²) in [5, 5.41) is 3.47. The molecule has 3 rings (SSSR count). The van der Waals surface area contributed by atoms with Gasteiger partial charge in [-0.15, -0.1) is 0 Å². The molecule has 2 heterocycles. The van der Waals surface area contributed by atoms with Gasteiger partial charge in [-0.25, -0.2) is 4.98 Å². The molecule has 4 heteroatoms. The Morgan fingerprint density at radius 1 is 1.10 bits per heavy atom. The largest absolute Gasteiger partial charge is 0.396 e. The highest BCUT2D eigenvalue weighted by Gasteiger charge is 2.19. The lowest BCUT2D eigenvalue weighted by Crippen LogP contribution is -2.38. The van der Waals surface area contributed by atoms with Gasteiger partial charge in [-0.05, 0) is 30.5 Å². The molecule has 2 aromatic rings. The average Bonchev–Trinajstić information content (AvgIpc) is 2.52. The van der Waals surface area contributed by atoms with Crippen molar-refractivity contribution in [2.24, 2.45) is 0 Å². The number of piperidine rings is 1. The van der Waals surface area contributed by atoms with E-state index in [1.165, 1.54) is 5.56 Å². The van der Waals surface area contributed by atoms with Gasteiger partial charge in [-0.1, -0.05) is 30.3 Å². The summed E-state index contributed by atoms with van der Waals surface area (Å²) in [6.07, 6.45) is 4.04. The first-order valence-corrected chi connectivity index (χ1v) is 7.54. The van der Waals surface area contributed by atoms with E-state index in [1.54, 1.807) is 6.20 Å². The van der Waals surface area contributed by atoms with E-state index in [1.807, 2.05) is 12.1 Å². The summed E-state index contributed by atoms with van der Waals surface area (Å²) in [5.41, 5.74) is 8.04. The minimum Gasteiger partial charge on any atom is -0.396 e. The number of anilines is 2. The van der Waals surface area contributed by atoms with Crippen molar-refractivity contribution in [3.8, 4) is 0 Å². The second-order valence-electron chi connectivity index (χ2n) is 5.62. The van der Waals surface area contributed by atoms with E-state index in [4.69, 9.17) is 5.73 Å². The van der Waals surface area contributed by atoms with Crippen molar-refractivity contribution in [1.29, 1.82) is 0 Å². The monoisotopic (exact) mass is 282 g/mol. The Morgan fingerprint density at radius 2 is 1.86 bits per heavy atom. The second kappa shape index (κ2) is 6.59. The van der Waals surface area contributed by atoms with E-state index in [0.29, 0.717) is 6.04 Å². The zero-order chi connectivity index (χ0) is 14.5. The zero-order valence-corrected chi connectivity index (χ0v) is 12.2. The number of hydrogen-bond donors (Lipinski definition) is 2. The molecule has 4 nitrogen and oxygen atoms in total. The molecular formula is C17H22N4. The fourth-order valence-electron chi connectivity index (χ4n) is 2.81. The molecule has 0 aliphatic carbocycles. The number of nitrogens with two attached hydrogens (primary N) is 1. The summed E-state index contributed by atoms with van der Waals surface area (Å²) in [5.74, 6) is 0.819. The molecule has 1 aromatic heterocycles. The van der Waals surface area contributed by atoms with Gasteiger partial charge in [0.15, 0.2) is 0 Å². The van der Waals surface area contributed by atoms with Gasteiger partial charge in [0.1, 0.15) is 5.82 Å². The van der Waals surface area contributed by atoms with Crippen molar-refractivity contribution >= 4 is 11.5 Å². The van der Waals surface area contributed by atoms with Gasteiger partial charge in [-0.3, -0.25) is 4.90 Å². The Bertz CT molecular complexity index is 562. The van der Waals surface area contributed by atoms with Crippen molar-refractivity contribution in [2.45, 2.75) is 25.4 Å². The van der Waals surface area contributed by atoms with Crippen molar-refractivity contribution in [1.82, 2.24) is 9.88 Å². The van der Waals surface area contributed by atoms with Gasteiger partial charge in [0.05, 0.1) is 5.69 Å². The van der Waals surface area contributed by atoms with E-state index in [9.17, 15) is 0 Å². The number of nitrogen functional groups attached to an aromatic ring is 1. The van der Waals surface area contributed by atoms with E-state index in [0.717, 1.165) is 44.0 Å². The first kappa shape index (κ1) is 13.9. The second-order valence-corrected chi connectivity index (χ2v) is 5.62. The molecule has 1 saturated heterocycles. The number of benzene rings is 1. The van der Waals surface area contributed by atoms with Crippen LogP contribution in [0, 0.1) is 0 Å². The molecule has 0 saturated carbocycles. The van der Waals surface area contributed by atoms with E-state index in [-0.39, 0.29) is 0 Å². The van der Waals surface area contributed by atoms with Crippen molar-refractivity contribution in [2.75, 3.05) is 24.1 Å². The summed E-state index contributed by atoms with van der Waals surface area (Å²) in [4.78, 5) is 6.82. The van der Waals surface area contributed by atoms with Gasteiger partial charge in [0, 0.05) is 31.9 Å². The summed E-state index contributed by atoms with van der Waals surface area (Å²) in [7, 11) is 0. The summed E-state index contributed by atoms with van der Waals surface area (Å²) >= 11 is 0. The van der Waals surface area contributed by atoms with Crippen LogP contribution in [0.2, 0.25) is 0 Å². The average molecular weight is 282 g/mol. The normalized spacial score (nSPS) is 16.8. The molecule has 0 amide bonds. The van der Waals surface area contributed by atoms with Crippen LogP contribution in [0.15, 0.2) is 48.7 Å². The van der Waals surface area contributed by atoms with Crippen LogP contribution >= 0.6 is 0 Å². The topological polar surface area (TPSA) is 54.2 Å². The minimum absolute atomic E-state index is 0.467. The van der Waals surface area contributed by atoms with Crippen LogP contribution in [0.25, 0.3) is 0 Å². The maximum Gasteiger partial charge on any atom is 0.149 e. The highest BCUT2D eigenvalue weighted by Crippen LogP contribution is 2.20. The van der Waals surface area contributed by atoms with Gasteiger partial charge < -0.3 is 11.1 Å². The van der Waals surface area contributed by atoms with Crippen molar-refractivity contribution < 1.29 is 0 Å². The Kier molecular flexibility index (Phi) is 4.36. The Morgan fingerprint density at radius 3 is 2.57 bits per heavy atom. The molecule has 0 atom stereocenters. The molecule has 3 N–H and O–H groups in total. The summed E-state index contributed by atoms with van der Waals surface area (Å²) in [6.45, 7) is 3.26. The summed E-state index contributed by atoms with van der Waals surface area (Å²) < 4.78 is 0. The molecular weight excluding hydrogens is 260 g/mol. The van der Waals surface area contributed by atoms with Gasteiger partial charge in [-0.2, -0.15) is 0 Å². The van der Waals surface area contributed by atoms with Crippen molar-refractivity contribution in [3.63, 3.8) is 0 Å². The predicted octanol–water partition coefficient (Wildman–Crippen LogP) is 2.74. The number of aromatic nitrogens is 1. The third-order valence-electron chi connectivity index (χ3n) is 4.02. The van der Waals surface area contributed by atoms with Crippen LogP contribution in [0.1, 0.15) is 18.4 Å². The maximum atomic E-state index is 5.93. The molecule has 1 aromatic carbocycles. The lowest BCUT2D eigenvalue weighted by molar-refractivity contribution is 0.211. The number of hydrogen-bond acceptors (Lipinski definition) is 4. The SMILES string of the molecule is Nc1cccnc1NC1CCN(Cc2ccccc2)CC1. The maximum absolute atomic E-state index is 5.93. The van der Waals surface area contributed by atoms with Gasteiger partial charge >= 0.3 is 0 Å². The van der Waals surface area contributed by atoms with Gasteiger partial charge in [0.25, 0.3) is 0 Å². The number of rotatable bonds is 4. The highest BCUT2D eigenvalue weighted by molar-refractivity contribution is 5.60. The quantitative estimate of drug-likeness (QED) is 0.905.